The van der Waals surface area contributed by atoms with Gasteiger partial charge in [0.2, 0.25) is 0 Å². The molecule has 1 aliphatic carbocycles. The smallest absolute Gasteiger partial charge is 0.322 e. The number of imide groups is 1. The van der Waals surface area contributed by atoms with Crippen LogP contribution in [-0.4, -0.2) is 52.9 Å². The van der Waals surface area contributed by atoms with Gasteiger partial charge >= 0.3 is 6.03 Å². The number of carbonyl (C=O) groups is 3. The van der Waals surface area contributed by atoms with E-state index < -0.39 is 11.6 Å². The van der Waals surface area contributed by atoms with Crippen molar-refractivity contribution in [3.05, 3.63) is 35.9 Å². The van der Waals surface area contributed by atoms with Gasteiger partial charge in [0.05, 0.1) is 6.54 Å². The van der Waals surface area contributed by atoms with E-state index in [1.165, 1.54) is 5.56 Å². The second-order valence-electron chi connectivity index (χ2n) is 7.97. The summed E-state index contributed by atoms with van der Waals surface area (Å²) in [7, 11) is 0. The van der Waals surface area contributed by atoms with E-state index in [4.69, 9.17) is 0 Å². The van der Waals surface area contributed by atoms with Crippen LogP contribution in [0.4, 0.5) is 4.79 Å². The van der Waals surface area contributed by atoms with Crippen molar-refractivity contribution < 1.29 is 14.4 Å². The molecule has 0 atom stereocenters. The van der Waals surface area contributed by atoms with Crippen LogP contribution in [-0.2, 0) is 16.0 Å². The normalized spacial score (nSPS) is 24.7. The van der Waals surface area contributed by atoms with Gasteiger partial charge in [-0.1, -0.05) is 44.2 Å². The van der Waals surface area contributed by atoms with Crippen LogP contribution < -0.4 is 10.7 Å². The number of hydrazine groups is 1. The molecule has 0 radical (unpaired) electrons. The average molecular weight is 386 g/mol. The Morgan fingerprint density at radius 2 is 1.93 bits per heavy atom. The van der Waals surface area contributed by atoms with Crippen LogP contribution >= 0.6 is 0 Å². The molecule has 3 rings (SSSR count). The molecular weight excluding hydrogens is 356 g/mol. The lowest BCUT2D eigenvalue weighted by Crippen LogP contribution is -2.53. The molecule has 1 aliphatic heterocycles. The minimum absolute atomic E-state index is 0.143. The highest BCUT2D eigenvalue weighted by Gasteiger charge is 2.52. The summed E-state index contributed by atoms with van der Waals surface area (Å²) in [6.45, 7) is 5.73. The van der Waals surface area contributed by atoms with Crippen molar-refractivity contribution in [2.24, 2.45) is 5.92 Å². The van der Waals surface area contributed by atoms with E-state index in [2.05, 4.69) is 29.8 Å². The number of nitrogens with zero attached hydrogens (tertiary/aromatic N) is 2. The summed E-state index contributed by atoms with van der Waals surface area (Å²) < 4.78 is 0. The molecule has 28 heavy (non-hydrogen) atoms. The summed E-state index contributed by atoms with van der Waals surface area (Å²) in [5.74, 6) is -0.119. The number of carbonyl (C=O) groups excluding carboxylic acids is 3. The van der Waals surface area contributed by atoms with Crippen molar-refractivity contribution in [3.8, 4) is 0 Å². The maximum Gasteiger partial charge on any atom is 0.344 e. The third-order valence-corrected chi connectivity index (χ3v) is 5.90. The van der Waals surface area contributed by atoms with Crippen molar-refractivity contribution in [2.75, 3.05) is 19.6 Å². The largest absolute Gasteiger partial charge is 0.344 e. The summed E-state index contributed by atoms with van der Waals surface area (Å²) >= 11 is 0. The second kappa shape index (κ2) is 8.73. The van der Waals surface area contributed by atoms with Crippen LogP contribution in [0.5, 0.6) is 0 Å². The van der Waals surface area contributed by atoms with Gasteiger partial charge in [0.15, 0.2) is 0 Å². The molecule has 0 bridgehead atoms. The van der Waals surface area contributed by atoms with E-state index >= 15 is 0 Å². The van der Waals surface area contributed by atoms with Crippen LogP contribution in [0.2, 0.25) is 0 Å². The van der Waals surface area contributed by atoms with Gasteiger partial charge in [-0.3, -0.25) is 19.9 Å². The topological polar surface area (TPSA) is 81.8 Å². The Morgan fingerprint density at radius 1 is 1.25 bits per heavy atom. The molecule has 1 heterocycles. The fourth-order valence-electron chi connectivity index (χ4n) is 3.96. The molecule has 2 fully saturated rings. The van der Waals surface area contributed by atoms with Gasteiger partial charge in [0.25, 0.3) is 11.8 Å². The van der Waals surface area contributed by atoms with Gasteiger partial charge < -0.3 is 5.32 Å². The summed E-state index contributed by atoms with van der Waals surface area (Å²) in [5.41, 5.74) is 2.89. The molecule has 152 valence electrons. The van der Waals surface area contributed by atoms with Crippen molar-refractivity contribution in [3.63, 3.8) is 0 Å². The maximum absolute atomic E-state index is 12.8. The first-order chi connectivity index (χ1) is 13.4. The van der Waals surface area contributed by atoms with Crippen LogP contribution in [0.25, 0.3) is 0 Å². The summed E-state index contributed by atoms with van der Waals surface area (Å²) in [5, 5.41) is 3.70. The zero-order valence-electron chi connectivity index (χ0n) is 16.7. The van der Waals surface area contributed by atoms with Gasteiger partial charge in [-0.2, -0.15) is 5.01 Å². The lowest BCUT2D eigenvalue weighted by molar-refractivity contribution is -0.140. The molecule has 2 aliphatic rings. The van der Waals surface area contributed by atoms with Gasteiger partial charge in [0, 0.05) is 6.54 Å². The third kappa shape index (κ3) is 4.52. The number of hydrogen-bond acceptors (Lipinski definition) is 4. The van der Waals surface area contributed by atoms with Crippen molar-refractivity contribution >= 4 is 17.8 Å². The molecule has 4 amide bonds. The predicted octanol–water partition coefficient (Wildman–Crippen LogP) is 2.08. The first kappa shape index (κ1) is 20.3. The average Bonchev–Trinajstić information content (AvgIpc) is 2.92. The Bertz CT molecular complexity index is 714. The maximum atomic E-state index is 12.8. The Hall–Kier alpha value is -2.41. The molecular formula is C21H30N4O3. The lowest BCUT2D eigenvalue weighted by atomic mass is 9.77. The molecule has 2 N–H and O–H groups in total. The third-order valence-electron chi connectivity index (χ3n) is 5.90. The zero-order chi connectivity index (χ0) is 20.1. The Kier molecular flexibility index (Phi) is 6.34. The number of urea groups is 1. The minimum Gasteiger partial charge on any atom is -0.322 e. The highest BCUT2D eigenvalue weighted by atomic mass is 16.2. The summed E-state index contributed by atoms with van der Waals surface area (Å²) in [4.78, 5) is 39.6. The van der Waals surface area contributed by atoms with Crippen molar-refractivity contribution in [2.45, 2.75) is 51.5 Å². The first-order valence-electron chi connectivity index (χ1n) is 10.2. The molecule has 1 aromatic carbocycles. The molecule has 7 heteroatoms. The molecule has 7 nitrogen and oxygen atoms in total. The number of rotatable bonds is 7. The van der Waals surface area contributed by atoms with Gasteiger partial charge in [-0.05, 0) is 50.1 Å². The molecule has 0 aromatic heterocycles. The minimum atomic E-state index is -0.839. The zero-order valence-corrected chi connectivity index (χ0v) is 16.7. The van der Waals surface area contributed by atoms with Crippen molar-refractivity contribution in [1.29, 1.82) is 0 Å². The van der Waals surface area contributed by atoms with E-state index in [0.717, 1.165) is 30.8 Å². The molecule has 1 aromatic rings. The highest BCUT2D eigenvalue weighted by molar-refractivity contribution is 6.08. The van der Waals surface area contributed by atoms with Crippen LogP contribution in [0, 0.1) is 5.92 Å². The first-order valence-corrected chi connectivity index (χ1v) is 10.2. The number of nitrogens with one attached hydrogen (secondary N) is 2. The van der Waals surface area contributed by atoms with Gasteiger partial charge in [-0.25, -0.2) is 4.79 Å². The lowest BCUT2D eigenvalue weighted by Gasteiger charge is -2.33. The Labute approximate surface area is 166 Å². The molecule has 1 spiro atoms. The fourth-order valence-corrected chi connectivity index (χ4v) is 3.96. The van der Waals surface area contributed by atoms with E-state index in [9.17, 15) is 14.4 Å². The van der Waals surface area contributed by atoms with E-state index in [1.54, 1.807) is 0 Å². The highest BCUT2D eigenvalue weighted by Crippen LogP contribution is 2.35. The summed E-state index contributed by atoms with van der Waals surface area (Å²) in [6.07, 6.45) is 3.90. The van der Waals surface area contributed by atoms with Crippen LogP contribution in [0.3, 0.4) is 0 Å². The Balaban J connectivity index is 1.53. The molecule has 1 saturated heterocycles. The number of hydrogen-bond donors (Lipinski definition) is 2. The van der Waals surface area contributed by atoms with E-state index in [0.29, 0.717) is 25.3 Å². The van der Waals surface area contributed by atoms with Crippen LogP contribution in [0.15, 0.2) is 30.3 Å². The molecule has 1 saturated carbocycles. The van der Waals surface area contributed by atoms with Gasteiger partial charge in [-0.15, -0.1) is 0 Å². The van der Waals surface area contributed by atoms with E-state index in [1.807, 2.05) is 30.0 Å². The number of amides is 4. The fraction of sp³-hybridized carbons (Fsp3) is 0.571. The van der Waals surface area contributed by atoms with E-state index in [-0.39, 0.29) is 18.4 Å². The second-order valence-corrected chi connectivity index (χ2v) is 7.97. The monoisotopic (exact) mass is 386 g/mol. The van der Waals surface area contributed by atoms with Crippen LogP contribution in [0.1, 0.15) is 45.1 Å². The van der Waals surface area contributed by atoms with Crippen molar-refractivity contribution in [1.82, 2.24) is 20.7 Å². The standard InChI is InChI=1S/C21H30N4O3/c1-3-24(14-11-17-7-5-4-6-8-17)15-18(26)23-25-19(27)21(22-20(25)28)12-9-16(2)10-13-21/h4-8,16H,3,9-15H2,1-2H3,(H,22,28)(H,23,26). The number of likely N-dealkylation sites (N-methyl/N-ethyl adjacent to an activating group) is 1. The Morgan fingerprint density at radius 3 is 2.57 bits per heavy atom. The predicted molar refractivity (Wildman–Crippen MR) is 106 cm³/mol. The SMILES string of the molecule is CCN(CCc1ccccc1)CC(=O)NN1C(=O)NC2(CCC(C)CC2)C1=O. The quantitative estimate of drug-likeness (QED) is 0.703. The molecule has 0 unspecified atom stereocenters. The summed E-state index contributed by atoms with van der Waals surface area (Å²) in [6, 6.07) is 9.57. The number of benzene rings is 1. The van der Waals surface area contributed by atoms with Gasteiger partial charge in [0.1, 0.15) is 5.54 Å².